The lowest BCUT2D eigenvalue weighted by Crippen LogP contribution is -2.29. The molecule has 6 heteroatoms. The van der Waals surface area contributed by atoms with Crippen LogP contribution in [0.2, 0.25) is 0 Å². The molecule has 0 unspecified atom stereocenters. The zero-order chi connectivity index (χ0) is 17.8. The Morgan fingerprint density at radius 1 is 1.16 bits per heavy atom. The van der Waals surface area contributed by atoms with Gasteiger partial charge in [-0.2, -0.15) is 5.26 Å². The van der Waals surface area contributed by atoms with Gasteiger partial charge in [-0.25, -0.2) is 4.79 Å². The molecule has 1 heterocycles. The summed E-state index contributed by atoms with van der Waals surface area (Å²) >= 11 is 0. The van der Waals surface area contributed by atoms with Crippen LogP contribution >= 0.6 is 0 Å². The Bertz CT molecular complexity index is 967. The molecule has 124 valence electrons. The molecule has 1 atom stereocenters. The third kappa shape index (κ3) is 3.51. The molecule has 2 aromatic carbocycles. The largest absolute Gasteiger partial charge is 0.449 e. The third-order valence-electron chi connectivity index (χ3n) is 3.74. The van der Waals surface area contributed by atoms with Crippen LogP contribution in [0.25, 0.3) is 10.9 Å². The first kappa shape index (κ1) is 16.3. The Kier molecular flexibility index (Phi) is 4.48. The quantitative estimate of drug-likeness (QED) is 0.717. The molecule has 2 N–H and O–H groups in total. The number of nitriles is 1. The van der Waals surface area contributed by atoms with E-state index in [1.54, 1.807) is 30.5 Å². The number of benzene rings is 2. The Morgan fingerprint density at radius 3 is 2.60 bits per heavy atom. The average molecular weight is 333 g/mol. The van der Waals surface area contributed by atoms with Crippen LogP contribution in [0.5, 0.6) is 0 Å². The van der Waals surface area contributed by atoms with Crippen LogP contribution in [-0.2, 0) is 9.53 Å². The first-order valence-electron chi connectivity index (χ1n) is 7.66. The van der Waals surface area contributed by atoms with Gasteiger partial charge in [0.1, 0.15) is 0 Å². The lowest BCUT2D eigenvalue weighted by molar-refractivity contribution is -0.123. The van der Waals surface area contributed by atoms with E-state index < -0.39 is 18.0 Å². The number of esters is 1. The number of carbonyl (C=O) groups is 2. The van der Waals surface area contributed by atoms with Gasteiger partial charge in [0.2, 0.25) is 0 Å². The SMILES string of the molecule is C[C@H](OC(=O)c1c[nH]c2ccccc12)C(=O)Nc1ccc(C#N)cc1. The van der Waals surface area contributed by atoms with Gasteiger partial charge in [-0.05, 0) is 37.3 Å². The molecule has 1 aromatic heterocycles. The van der Waals surface area contributed by atoms with Crippen molar-refractivity contribution in [3.05, 3.63) is 65.9 Å². The minimum atomic E-state index is -0.961. The van der Waals surface area contributed by atoms with Crippen molar-refractivity contribution in [2.24, 2.45) is 0 Å². The molecule has 0 saturated carbocycles. The number of ether oxygens (including phenoxy) is 1. The van der Waals surface area contributed by atoms with Crippen LogP contribution in [0.15, 0.2) is 54.7 Å². The van der Waals surface area contributed by atoms with Crippen molar-refractivity contribution in [3.8, 4) is 6.07 Å². The predicted octanol–water partition coefficient (Wildman–Crippen LogP) is 3.22. The van der Waals surface area contributed by atoms with Crippen LogP contribution < -0.4 is 5.32 Å². The van der Waals surface area contributed by atoms with Gasteiger partial charge in [-0.3, -0.25) is 4.79 Å². The number of rotatable bonds is 4. The lowest BCUT2D eigenvalue weighted by Gasteiger charge is -2.13. The Labute approximate surface area is 144 Å². The van der Waals surface area contributed by atoms with Crippen molar-refractivity contribution in [1.29, 1.82) is 5.26 Å². The van der Waals surface area contributed by atoms with Gasteiger partial charge in [0.15, 0.2) is 6.10 Å². The number of para-hydroxylation sites is 1. The van der Waals surface area contributed by atoms with E-state index in [9.17, 15) is 9.59 Å². The van der Waals surface area contributed by atoms with E-state index in [2.05, 4.69) is 10.3 Å². The third-order valence-corrected chi connectivity index (χ3v) is 3.74. The van der Waals surface area contributed by atoms with Gasteiger partial charge in [-0.1, -0.05) is 18.2 Å². The number of nitrogens with one attached hydrogen (secondary N) is 2. The summed E-state index contributed by atoms with van der Waals surface area (Å²) in [5, 5.41) is 12.2. The van der Waals surface area contributed by atoms with E-state index in [0.717, 1.165) is 10.9 Å². The molecule has 0 bridgehead atoms. The highest BCUT2D eigenvalue weighted by molar-refractivity contribution is 6.05. The van der Waals surface area contributed by atoms with Crippen molar-refractivity contribution >= 4 is 28.5 Å². The fourth-order valence-electron chi connectivity index (χ4n) is 2.39. The number of nitrogens with zero attached hydrogens (tertiary/aromatic N) is 1. The van der Waals surface area contributed by atoms with E-state index in [1.165, 1.54) is 6.92 Å². The normalized spacial score (nSPS) is 11.5. The molecule has 0 spiro atoms. The van der Waals surface area contributed by atoms with E-state index in [-0.39, 0.29) is 0 Å². The fourth-order valence-corrected chi connectivity index (χ4v) is 2.39. The molecular weight excluding hydrogens is 318 g/mol. The van der Waals surface area contributed by atoms with E-state index >= 15 is 0 Å². The van der Waals surface area contributed by atoms with E-state index in [1.807, 2.05) is 30.3 Å². The van der Waals surface area contributed by atoms with Gasteiger partial charge in [0, 0.05) is 22.8 Å². The summed E-state index contributed by atoms with van der Waals surface area (Å²) in [7, 11) is 0. The molecule has 6 nitrogen and oxygen atoms in total. The van der Waals surface area contributed by atoms with Crippen LogP contribution in [0.1, 0.15) is 22.8 Å². The lowest BCUT2D eigenvalue weighted by atomic mass is 10.2. The van der Waals surface area contributed by atoms with Gasteiger partial charge in [-0.15, -0.1) is 0 Å². The number of anilines is 1. The number of carbonyl (C=O) groups excluding carboxylic acids is 2. The molecule has 25 heavy (non-hydrogen) atoms. The monoisotopic (exact) mass is 333 g/mol. The highest BCUT2D eigenvalue weighted by Crippen LogP contribution is 2.19. The maximum absolute atomic E-state index is 12.3. The first-order valence-corrected chi connectivity index (χ1v) is 7.66. The Balaban J connectivity index is 1.66. The first-order chi connectivity index (χ1) is 12.1. The smallest absolute Gasteiger partial charge is 0.341 e. The zero-order valence-electron chi connectivity index (χ0n) is 13.4. The van der Waals surface area contributed by atoms with Gasteiger partial charge < -0.3 is 15.0 Å². The van der Waals surface area contributed by atoms with Crippen molar-refractivity contribution < 1.29 is 14.3 Å². The maximum atomic E-state index is 12.3. The molecule has 0 fully saturated rings. The number of amides is 1. The molecule has 0 radical (unpaired) electrons. The Hall–Kier alpha value is -3.59. The minimum Gasteiger partial charge on any atom is -0.449 e. The van der Waals surface area contributed by atoms with Crippen molar-refractivity contribution in [1.82, 2.24) is 4.98 Å². The number of hydrogen-bond donors (Lipinski definition) is 2. The van der Waals surface area contributed by atoms with Gasteiger partial charge >= 0.3 is 5.97 Å². The average Bonchev–Trinajstić information content (AvgIpc) is 3.06. The van der Waals surface area contributed by atoms with Crippen LogP contribution in [0.4, 0.5) is 5.69 Å². The number of H-pyrrole nitrogens is 1. The minimum absolute atomic E-state index is 0.383. The molecular formula is C19H15N3O3. The second-order valence-electron chi connectivity index (χ2n) is 5.47. The topological polar surface area (TPSA) is 95.0 Å². The molecule has 0 aliphatic heterocycles. The van der Waals surface area contributed by atoms with Crippen molar-refractivity contribution in [3.63, 3.8) is 0 Å². The summed E-state index contributed by atoms with van der Waals surface area (Å²) < 4.78 is 5.26. The maximum Gasteiger partial charge on any atom is 0.341 e. The standard InChI is InChI=1S/C19H15N3O3/c1-12(18(23)22-14-8-6-13(10-20)7-9-14)25-19(24)16-11-21-17-5-3-2-4-15(16)17/h2-9,11-12,21H,1H3,(H,22,23)/t12-/m0/s1. The number of hydrogen-bond acceptors (Lipinski definition) is 4. The van der Waals surface area contributed by atoms with Gasteiger partial charge in [0.05, 0.1) is 17.2 Å². The van der Waals surface area contributed by atoms with Crippen LogP contribution in [-0.4, -0.2) is 23.0 Å². The number of aromatic amines is 1. The predicted molar refractivity (Wildman–Crippen MR) is 93.0 cm³/mol. The summed E-state index contributed by atoms with van der Waals surface area (Å²) in [6, 6.07) is 15.8. The second-order valence-corrected chi connectivity index (χ2v) is 5.47. The Morgan fingerprint density at radius 2 is 1.88 bits per heavy atom. The molecule has 0 aliphatic carbocycles. The number of fused-ring (bicyclic) bond motifs is 1. The summed E-state index contributed by atoms with van der Waals surface area (Å²) in [6.07, 6.45) is 0.606. The fraction of sp³-hybridized carbons (Fsp3) is 0.105. The highest BCUT2D eigenvalue weighted by atomic mass is 16.5. The highest BCUT2D eigenvalue weighted by Gasteiger charge is 2.21. The summed E-state index contributed by atoms with van der Waals surface area (Å²) in [4.78, 5) is 27.5. The molecule has 0 saturated heterocycles. The van der Waals surface area contributed by atoms with Crippen molar-refractivity contribution in [2.45, 2.75) is 13.0 Å². The second kappa shape index (κ2) is 6.89. The zero-order valence-corrected chi connectivity index (χ0v) is 13.4. The summed E-state index contributed by atoms with van der Waals surface area (Å²) in [5.74, 6) is -1.02. The molecule has 3 rings (SSSR count). The van der Waals surface area contributed by atoms with E-state index in [0.29, 0.717) is 16.8 Å². The van der Waals surface area contributed by atoms with Crippen LogP contribution in [0.3, 0.4) is 0 Å². The van der Waals surface area contributed by atoms with Gasteiger partial charge in [0.25, 0.3) is 5.91 Å². The molecule has 0 aliphatic rings. The summed E-state index contributed by atoms with van der Waals surface area (Å²) in [5.41, 5.74) is 2.23. The van der Waals surface area contributed by atoms with Crippen LogP contribution in [0, 0.1) is 11.3 Å². The van der Waals surface area contributed by atoms with Crippen molar-refractivity contribution in [2.75, 3.05) is 5.32 Å². The molecule has 1 amide bonds. The number of aromatic nitrogens is 1. The molecule has 3 aromatic rings. The summed E-state index contributed by atoms with van der Waals surface area (Å²) in [6.45, 7) is 1.51. The van der Waals surface area contributed by atoms with E-state index in [4.69, 9.17) is 10.00 Å².